The number of imidazole rings is 1. The predicted molar refractivity (Wildman–Crippen MR) is 138 cm³/mol. The van der Waals surface area contributed by atoms with Crippen molar-refractivity contribution in [2.24, 2.45) is 0 Å². The van der Waals surface area contributed by atoms with Gasteiger partial charge < -0.3 is 19.8 Å². The average molecular weight is 549 g/mol. The Morgan fingerprint density at radius 2 is 1.88 bits per heavy atom. The van der Waals surface area contributed by atoms with Crippen molar-refractivity contribution in [3.63, 3.8) is 0 Å². The highest BCUT2D eigenvalue weighted by Gasteiger charge is 2.13. The number of para-hydroxylation sites is 2. The zero-order chi connectivity index (χ0) is 23.2. The molecule has 0 bridgehead atoms. The molecule has 8 heteroatoms. The standard InChI is InChI=1S/C25H24BrCl2N3O2/c1-32-23-13-17(11-18(26)25(23)33-15-16-8-9-19(27)20(28)12-16)14-29-10-4-7-24-30-21-5-2-3-6-22(21)31-24/h2-3,5-6,8-9,11-13,29H,4,7,10,14-15H2,1H3,(H,30,31). The lowest BCUT2D eigenvalue weighted by molar-refractivity contribution is 0.282. The number of hydrogen-bond acceptors (Lipinski definition) is 4. The van der Waals surface area contributed by atoms with Gasteiger partial charge in [0.2, 0.25) is 0 Å². The number of hydrogen-bond donors (Lipinski definition) is 2. The summed E-state index contributed by atoms with van der Waals surface area (Å²) in [6, 6.07) is 17.6. The van der Waals surface area contributed by atoms with Crippen molar-refractivity contribution in [2.45, 2.75) is 26.0 Å². The zero-order valence-corrected chi connectivity index (χ0v) is 21.2. The Balaban J connectivity index is 1.29. The molecule has 0 radical (unpaired) electrons. The van der Waals surface area contributed by atoms with Crippen LogP contribution >= 0.6 is 39.1 Å². The van der Waals surface area contributed by atoms with Gasteiger partial charge in [-0.25, -0.2) is 4.98 Å². The largest absolute Gasteiger partial charge is 0.493 e. The molecule has 0 aliphatic carbocycles. The molecule has 0 unspecified atom stereocenters. The Morgan fingerprint density at radius 3 is 2.67 bits per heavy atom. The number of methoxy groups -OCH3 is 1. The van der Waals surface area contributed by atoms with E-state index in [4.69, 9.17) is 32.7 Å². The molecule has 0 atom stereocenters. The smallest absolute Gasteiger partial charge is 0.175 e. The van der Waals surface area contributed by atoms with Crippen LogP contribution in [0.3, 0.4) is 0 Å². The third-order valence-electron chi connectivity index (χ3n) is 5.19. The fourth-order valence-corrected chi connectivity index (χ4v) is 4.46. The first-order valence-electron chi connectivity index (χ1n) is 10.6. The molecule has 0 saturated heterocycles. The number of H-pyrrole nitrogens is 1. The van der Waals surface area contributed by atoms with Gasteiger partial charge in [-0.3, -0.25) is 0 Å². The van der Waals surface area contributed by atoms with Gasteiger partial charge >= 0.3 is 0 Å². The second kappa shape index (κ2) is 11.3. The summed E-state index contributed by atoms with van der Waals surface area (Å²) in [6.45, 7) is 1.96. The van der Waals surface area contributed by atoms with Crippen LogP contribution in [0.25, 0.3) is 11.0 Å². The molecule has 172 valence electrons. The molecule has 2 N–H and O–H groups in total. The summed E-state index contributed by atoms with van der Waals surface area (Å²) < 4.78 is 12.4. The highest BCUT2D eigenvalue weighted by Crippen LogP contribution is 2.37. The Bertz CT molecular complexity index is 1210. The molecular formula is C25H24BrCl2N3O2. The number of aryl methyl sites for hydroxylation is 1. The molecule has 1 aromatic heterocycles. The van der Waals surface area contributed by atoms with Gasteiger partial charge in [-0.05, 0) is 76.4 Å². The molecule has 0 aliphatic rings. The maximum Gasteiger partial charge on any atom is 0.175 e. The Kier molecular flexibility index (Phi) is 8.15. The molecular weight excluding hydrogens is 525 g/mol. The van der Waals surface area contributed by atoms with Crippen molar-refractivity contribution in [1.29, 1.82) is 0 Å². The summed E-state index contributed by atoms with van der Waals surface area (Å²) in [5.41, 5.74) is 4.12. The molecule has 0 aliphatic heterocycles. The van der Waals surface area contributed by atoms with E-state index in [0.717, 1.165) is 58.4 Å². The van der Waals surface area contributed by atoms with E-state index in [1.165, 1.54) is 0 Å². The first-order valence-corrected chi connectivity index (χ1v) is 12.2. The monoisotopic (exact) mass is 547 g/mol. The molecule has 3 aromatic carbocycles. The molecule has 0 fully saturated rings. The first kappa shape index (κ1) is 23.9. The fraction of sp³-hybridized carbons (Fsp3) is 0.240. The molecule has 0 spiro atoms. The van der Waals surface area contributed by atoms with E-state index >= 15 is 0 Å². The zero-order valence-electron chi connectivity index (χ0n) is 18.1. The molecule has 4 aromatic rings. The summed E-state index contributed by atoms with van der Waals surface area (Å²) in [4.78, 5) is 8.00. The predicted octanol–water partition coefficient (Wildman–Crippen LogP) is 6.94. The molecule has 4 rings (SSSR count). The molecule has 0 saturated carbocycles. The maximum atomic E-state index is 6.10. The maximum absolute atomic E-state index is 6.10. The van der Waals surface area contributed by atoms with Crippen LogP contribution in [-0.4, -0.2) is 23.6 Å². The number of ether oxygens (including phenoxy) is 2. The second-order valence-electron chi connectivity index (χ2n) is 7.63. The first-order chi connectivity index (χ1) is 16.0. The number of nitrogens with zero attached hydrogens (tertiary/aromatic N) is 1. The van der Waals surface area contributed by atoms with Crippen LogP contribution in [0.5, 0.6) is 11.5 Å². The van der Waals surface area contributed by atoms with Crippen molar-refractivity contribution >= 4 is 50.2 Å². The lowest BCUT2D eigenvalue weighted by Gasteiger charge is -2.15. The van der Waals surface area contributed by atoms with E-state index < -0.39 is 0 Å². The summed E-state index contributed by atoms with van der Waals surface area (Å²) in [7, 11) is 1.64. The Hall–Kier alpha value is -2.25. The van der Waals surface area contributed by atoms with Gasteiger partial charge in [0, 0.05) is 13.0 Å². The van der Waals surface area contributed by atoms with Gasteiger partial charge in [0.1, 0.15) is 12.4 Å². The van der Waals surface area contributed by atoms with E-state index in [2.05, 4.69) is 31.2 Å². The number of halogens is 3. The van der Waals surface area contributed by atoms with Gasteiger partial charge in [-0.2, -0.15) is 0 Å². The van der Waals surface area contributed by atoms with Crippen molar-refractivity contribution in [2.75, 3.05) is 13.7 Å². The van der Waals surface area contributed by atoms with Crippen molar-refractivity contribution < 1.29 is 9.47 Å². The van der Waals surface area contributed by atoms with Gasteiger partial charge in [-0.15, -0.1) is 0 Å². The Morgan fingerprint density at radius 1 is 1.03 bits per heavy atom. The quantitative estimate of drug-likeness (QED) is 0.211. The van der Waals surface area contributed by atoms with Crippen LogP contribution < -0.4 is 14.8 Å². The highest BCUT2D eigenvalue weighted by molar-refractivity contribution is 9.10. The topological polar surface area (TPSA) is 59.2 Å². The lowest BCUT2D eigenvalue weighted by atomic mass is 10.2. The summed E-state index contributed by atoms with van der Waals surface area (Å²) in [6.07, 6.45) is 1.89. The van der Waals surface area contributed by atoms with E-state index in [1.807, 2.05) is 42.5 Å². The van der Waals surface area contributed by atoms with Crippen LogP contribution in [0.2, 0.25) is 10.0 Å². The number of benzene rings is 3. The average Bonchev–Trinajstić information content (AvgIpc) is 3.23. The number of fused-ring (bicyclic) bond motifs is 1. The van der Waals surface area contributed by atoms with Gasteiger partial charge in [0.05, 0.1) is 32.7 Å². The molecule has 1 heterocycles. The van der Waals surface area contributed by atoms with Crippen molar-refractivity contribution in [3.05, 3.63) is 86.1 Å². The number of nitrogens with one attached hydrogen (secondary N) is 2. The summed E-state index contributed by atoms with van der Waals surface area (Å²) in [5.74, 6) is 2.34. The number of aromatic amines is 1. The van der Waals surface area contributed by atoms with E-state index in [-0.39, 0.29) is 0 Å². The normalized spacial score (nSPS) is 11.2. The third kappa shape index (κ3) is 6.21. The number of rotatable bonds is 10. The van der Waals surface area contributed by atoms with Crippen LogP contribution in [0.1, 0.15) is 23.4 Å². The van der Waals surface area contributed by atoms with Crippen molar-refractivity contribution in [1.82, 2.24) is 15.3 Å². The van der Waals surface area contributed by atoms with Crippen LogP contribution in [-0.2, 0) is 19.6 Å². The van der Waals surface area contributed by atoms with E-state index in [0.29, 0.717) is 28.2 Å². The summed E-state index contributed by atoms with van der Waals surface area (Å²) >= 11 is 15.7. The second-order valence-corrected chi connectivity index (χ2v) is 9.30. The number of aromatic nitrogens is 2. The lowest BCUT2D eigenvalue weighted by Crippen LogP contribution is -2.15. The molecule has 5 nitrogen and oxygen atoms in total. The van der Waals surface area contributed by atoms with Gasteiger partial charge in [-0.1, -0.05) is 41.4 Å². The minimum Gasteiger partial charge on any atom is -0.493 e. The van der Waals surface area contributed by atoms with Crippen LogP contribution in [0.4, 0.5) is 0 Å². The summed E-state index contributed by atoms with van der Waals surface area (Å²) in [5, 5.41) is 4.51. The third-order valence-corrected chi connectivity index (χ3v) is 6.52. The van der Waals surface area contributed by atoms with Gasteiger partial charge in [0.15, 0.2) is 11.5 Å². The van der Waals surface area contributed by atoms with Crippen LogP contribution in [0.15, 0.2) is 59.1 Å². The minimum atomic E-state index is 0.352. The Labute approximate surface area is 211 Å². The van der Waals surface area contributed by atoms with Gasteiger partial charge in [0.25, 0.3) is 0 Å². The highest BCUT2D eigenvalue weighted by atomic mass is 79.9. The fourth-order valence-electron chi connectivity index (χ4n) is 3.54. The molecule has 33 heavy (non-hydrogen) atoms. The van der Waals surface area contributed by atoms with Crippen LogP contribution in [0, 0.1) is 0 Å². The SMILES string of the molecule is COc1cc(CNCCCc2nc3ccccc3[nH]2)cc(Br)c1OCc1ccc(Cl)c(Cl)c1. The van der Waals surface area contributed by atoms with E-state index in [9.17, 15) is 0 Å². The van der Waals surface area contributed by atoms with Crippen molar-refractivity contribution in [3.8, 4) is 11.5 Å². The minimum absolute atomic E-state index is 0.352. The van der Waals surface area contributed by atoms with E-state index in [1.54, 1.807) is 19.2 Å². The molecule has 0 amide bonds.